The molecule has 0 radical (unpaired) electrons. The summed E-state index contributed by atoms with van der Waals surface area (Å²) in [5.74, 6) is -0.915. The number of anilines is 1. The van der Waals surface area contributed by atoms with Gasteiger partial charge in [0.15, 0.2) is 0 Å². The van der Waals surface area contributed by atoms with Crippen molar-refractivity contribution >= 4 is 11.6 Å². The van der Waals surface area contributed by atoms with Crippen LogP contribution in [0.4, 0.5) is 18.9 Å². The minimum absolute atomic E-state index is 0.324. The summed E-state index contributed by atoms with van der Waals surface area (Å²) in [7, 11) is 0. The lowest BCUT2D eigenvalue weighted by Gasteiger charge is -2.13. The van der Waals surface area contributed by atoms with Gasteiger partial charge in [0.1, 0.15) is 11.6 Å². The monoisotopic (exact) mass is 359 g/mol. The molecule has 26 heavy (non-hydrogen) atoms. The Morgan fingerprint density at radius 3 is 2.46 bits per heavy atom. The highest BCUT2D eigenvalue weighted by Crippen LogP contribution is 2.34. The Morgan fingerprint density at radius 1 is 1.15 bits per heavy atom. The second kappa shape index (κ2) is 8.21. The highest BCUT2D eigenvalue weighted by atomic mass is 19.4. The second-order valence-electron chi connectivity index (χ2n) is 5.47. The number of para-hydroxylation sites is 1. The summed E-state index contributed by atoms with van der Waals surface area (Å²) < 4.78 is 38.9. The Hall–Kier alpha value is -3.27. The van der Waals surface area contributed by atoms with Crippen molar-refractivity contribution in [3.05, 3.63) is 77.0 Å². The highest BCUT2D eigenvalue weighted by molar-refractivity contribution is 6.06. The number of rotatable bonds is 5. The van der Waals surface area contributed by atoms with Crippen LogP contribution in [-0.2, 0) is 17.5 Å². The van der Waals surface area contributed by atoms with Gasteiger partial charge in [-0.1, -0.05) is 36.4 Å². The van der Waals surface area contributed by atoms with Crippen LogP contribution in [0.25, 0.3) is 0 Å². The first-order valence-electron chi connectivity index (χ1n) is 7.68. The minimum atomic E-state index is -4.61. The van der Waals surface area contributed by atoms with E-state index in [1.807, 2.05) is 31.2 Å². The van der Waals surface area contributed by atoms with Gasteiger partial charge in [-0.3, -0.25) is 4.79 Å². The molecule has 7 heteroatoms. The van der Waals surface area contributed by atoms with Crippen LogP contribution in [0.15, 0.2) is 60.3 Å². The molecule has 0 bridgehead atoms. The van der Waals surface area contributed by atoms with Crippen molar-refractivity contribution in [3.63, 3.8) is 0 Å². The van der Waals surface area contributed by atoms with Gasteiger partial charge in [-0.15, -0.1) is 0 Å². The van der Waals surface area contributed by atoms with Gasteiger partial charge in [0.2, 0.25) is 0 Å². The summed E-state index contributed by atoms with van der Waals surface area (Å²) >= 11 is 0. The quantitative estimate of drug-likeness (QED) is 0.623. The molecule has 2 N–H and O–H groups in total. The van der Waals surface area contributed by atoms with Crippen molar-refractivity contribution in [1.82, 2.24) is 5.32 Å². The number of aryl methyl sites for hydroxylation is 1. The summed E-state index contributed by atoms with van der Waals surface area (Å²) in [6, 6.07) is 13.8. The molecule has 2 aromatic carbocycles. The number of amides is 1. The number of hydrogen-bond acceptors (Lipinski definition) is 3. The first-order valence-corrected chi connectivity index (χ1v) is 7.68. The molecule has 2 rings (SSSR count). The van der Waals surface area contributed by atoms with Gasteiger partial charge in [-0.25, -0.2) is 0 Å². The molecular formula is C19H16F3N3O. The summed E-state index contributed by atoms with van der Waals surface area (Å²) in [5, 5.41) is 14.1. The third-order valence-electron chi connectivity index (χ3n) is 3.65. The zero-order valence-corrected chi connectivity index (χ0v) is 13.9. The number of carbonyl (C=O) groups excluding carboxylic acids is 1. The van der Waals surface area contributed by atoms with Crippen LogP contribution in [0.2, 0.25) is 0 Å². The number of alkyl halides is 3. The molecule has 0 fully saturated rings. The molecule has 0 aliphatic carbocycles. The number of halogens is 3. The number of benzene rings is 2. The van der Waals surface area contributed by atoms with E-state index in [1.54, 1.807) is 6.07 Å². The van der Waals surface area contributed by atoms with Crippen LogP contribution in [0.5, 0.6) is 0 Å². The van der Waals surface area contributed by atoms with E-state index in [0.717, 1.165) is 23.3 Å². The van der Waals surface area contributed by atoms with Crippen molar-refractivity contribution in [2.75, 3.05) is 5.32 Å². The molecule has 0 aromatic heterocycles. The molecule has 134 valence electrons. The zero-order valence-electron chi connectivity index (χ0n) is 13.9. The molecule has 0 spiro atoms. The largest absolute Gasteiger partial charge is 0.418 e. The van der Waals surface area contributed by atoms with Crippen molar-refractivity contribution in [3.8, 4) is 6.07 Å². The number of hydrogen-bond donors (Lipinski definition) is 2. The maximum absolute atomic E-state index is 13.0. The first kappa shape index (κ1) is 19.1. The van der Waals surface area contributed by atoms with E-state index in [-0.39, 0.29) is 5.57 Å². The number of nitriles is 1. The summed E-state index contributed by atoms with van der Waals surface area (Å²) in [6.45, 7) is 2.30. The molecule has 0 saturated heterocycles. The third-order valence-corrected chi connectivity index (χ3v) is 3.65. The smallest absolute Gasteiger partial charge is 0.386 e. The standard InChI is InChI=1S/C19H16F3N3O/c1-13-6-2-3-7-14(13)11-24-12-15(10-23)18(26)25-17-9-5-4-8-16(17)19(20,21)22/h2-9,12,24H,11H2,1H3,(H,25,26)/b15-12-. The number of nitrogens with one attached hydrogen (secondary N) is 2. The predicted octanol–water partition coefficient (Wildman–Crippen LogP) is 4.15. The van der Waals surface area contributed by atoms with Crippen molar-refractivity contribution in [1.29, 1.82) is 5.26 Å². The van der Waals surface area contributed by atoms with Gasteiger partial charge in [-0.2, -0.15) is 18.4 Å². The van der Waals surface area contributed by atoms with Crippen LogP contribution in [0.3, 0.4) is 0 Å². The van der Waals surface area contributed by atoms with Crippen LogP contribution in [0, 0.1) is 18.3 Å². The lowest BCUT2D eigenvalue weighted by Crippen LogP contribution is -2.19. The molecule has 2 aromatic rings. The molecular weight excluding hydrogens is 343 g/mol. The average molecular weight is 359 g/mol. The van der Waals surface area contributed by atoms with Gasteiger partial charge in [0.05, 0.1) is 11.3 Å². The fraction of sp³-hybridized carbons (Fsp3) is 0.158. The fourth-order valence-electron chi connectivity index (χ4n) is 2.25. The van der Waals surface area contributed by atoms with E-state index in [2.05, 4.69) is 10.6 Å². The Kier molecular flexibility index (Phi) is 6.02. The topological polar surface area (TPSA) is 64.9 Å². The van der Waals surface area contributed by atoms with Gasteiger partial charge >= 0.3 is 6.18 Å². The lowest BCUT2D eigenvalue weighted by molar-refractivity contribution is -0.137. The maximum atomic E-state index is 13.0. The van der Waals surface area contributed by atoms with Gasteiger partial charge in [0.25, 0.3) is 5.91 Å². The van der Waals surface area contributed by atoms with Crippen molar-refractivity contribution in [2.24, 2.45) is 0 Å². The predicted molar refractivity (Wildman–Crippen MR) is 91.8 cm³/mol. The van der Waals surface area contributed by atoms with Crippen LogP contribution < -0.4 is 10.6 Å². The van der Waals surface area contributed by atoms with Crippen molar-refractivity contribution < 1.29 is 18.0 Å². The summed E-state index contributed by atoms with van der Waals surface area (Å²) in [5.41, 5.74) is 0.318. The highest BCUT2D eigenvalue weighted by Gasteiger charge is 2.33. The van der Waals surface area contributed by atoms with E-state index in [1.165, 1.54) is 18.3 Å². The Balaban J connectivity index is 2.10. The molecule has 1 amide bonds. The normalized spacial score (nSPS) is 11.6. The Labute approximate surface area is 149 Å². The molecule has 0 saturated carbocycles. The average Bonchev–Trinajstić information content (AvgIpc) is 2.59. The van der Waals surface area contributed by atoms with Crippen LogP contribution in [-0.4, -0.2) is 5.91 Å². The molecule has 0 unspecified atom stereocenters. The molecule has 4 nitrogen and oxygen atoms in total. The second-order valence-corrected chi connectivity index (χ2v) is 5.47. The van der Waals surface area contributed by atoms with Crippen molar-refractivity contribution in [2.45, 2.75) is 19.6 Å². The van der Waals surface area contributed by atoms with Gasteiger partial charge in [-0.05, 0) is 30.2 Å². The zero-order chi connectivity index (χ0) is 19.2. The maximum Gasteiger partial charge on any atom is 0.418 e. The SMILES string of the molecule is Cc1ccccc1CN/C=C(/C#N)C(=O)Nc1ccccc1C(F)(F)F. The van der Waals surface area contributed by atoms with E-state index in [9.17, 15) is 18.0 Å². The Morgan fingerprint density at radius 2 is 1.81 bits per heavy atom. The lowest BCUT2D eigenvalue weighted by atomic mass is 10.1. The molecule has 0 aliphatic heterocycles. The third kappa shape index (κ3) is 4.86. The minimum Gasteiger partial charge on any atom is -0.386 e. The van der Waals surface area contributed by atoms with Crippen LogP contribution in [0.1, 0.15) is 16.7 Å². The van der Waals surface area contributed by atoms with Crippen LogP contribution >= 0.6 is 0 Å². The molecule has 0 atom stereocenters. The van der Waals surface area contributed by atoms with E-state index >= 15 is 0 Å². The van der Waals surface area contributed by atoms with E-state index in [4.69, 9.17) is 5.26 Å². The number of nitrogens with zero attached hydrogens (tertiary/aromatic N) is 1. The first-order chi connectivity index (χ1) is 12.3. The van der Waals surface area contributed by atoms with Gasteiger partial charge in [0, 0.05) is 12.7 Å². The summed E-state index contributed by atoms with van der Waals surface area (Å²) in [6.07, 6.45) is -3.42. The summed E-state index contributed by atoms with van der Waals surface area (Å²) in [4.78, 5) is 12.1. The van der Waals surface area contributed by atoms with E-state index < -0.39 is 23.3 Å². The molecule has 0 heterocycles. The molecule has 0 aliphatic rings. The van der Waals surface area contributed by atoms with Gasteiger partial charge < -0.3 is 10.6 Å². The number of carbonyl (C=O) groups is 1. The fourth-order valence-corrected chi connectivity index (χ4v) is 2.25. The van der Waals surface area contributed by atoms with E-state index in [0.29, 0.717) is 6.54 Å². The Bertz CT molecular complexity index is 867.